The van der Waals surface area contributed by atoms with Gasteiger partial charge >= 0.3 is 0 Å². The third kappa shape index (κ3) is 4.23. The minimum atomic E-state index is 0.0686. The van der Waals surface area contributed by atoms with E-state index in [1.54, 1.807) is 6.07 Å². The molecule has 3 heteroatoms. The Morgan fingerprint density at radius 2 is 2.12 bits per heavy atom. The highest BCUT2D eigenvalue weighted by Gasteiger charge is 2.06. The van der Waals surface area contributed by atoms with Crippen LogP contribution in [-0.4, -0.2) is 5.91 Å². The molecule has 0 spiro atoms. The minimum Gasteiger partial charge on any atom is -0.326 e. The van der Waals surface area contributed by atoms with Gasteiger partial charge in [0.2, 0.25) is 5.91 Å². The minimum absolute atomic E-state index is 0.0686. The summed E-state index contributed by atoms with van der Waals surface area (Å²) in [5.41, 5.74) is 1.84. The summed E-state index contributed by atoms with van der Waals surface area (Å²) in [6.07, 6.45) is 1.48. The molecule has 1 aromatic carbocycles. The van der Waals surface area contributed by atoms with Crippen LogP contribution in [0, 0.1) is 12.8 Å². The normalized spacial score (nSPS) is 10.6. The summed E-state index contributed by atoms with van der Waals surface area (Å²) >= 11 is 5.84. The van der Waals surface area contributed by atoms with Gasteiger partial charge in [0.25, 0.3) is 0 Å². The number of carbonyl (C=O) groups excluding carboxylic acids is 1. The summed E-state index contributed by atoms with van der Waals surface area (Å²) in [5, 5.41) is 3.59. The smallest absolute Gasteiger partial charge is 0.224 e. The molecule has 0 radical (unpaired) electrons. The maximum atomic E-state index is 11.6. The number of aryl methyl sites for hydroxylation is 1. The molecule has 0 aliphatic heterocycles. The number of nitrogens with one attached hydrogen (secondary N) is 1. The van der Waals surface area contributed by atoms with Gasteiger partial charge in [-0.3, -0.25) is 4.79 Å². The molecular formula is C13H18ClNO. The van der Waals surface area contributed by atoms with Gasteiger partial charge in [-0.25, -0.2) is 0 Å². The Balaban J connectivity index is 2.56. The van der Waals surface area contributed by atoms with E-state index in [-0.39, 0.29) is 5.91 Å². The highest BCUT2D eigenvalue weighted by atomic mass is 35.5. The van der Waals surface area contributed by atoms with Crippen LogP contribution in [0.5, 0.6) is 0 Å². The monoisotopic (exact) mass is 239 g/mol. The number of rotatable bonds is 4. The number of anilines is 1. The lowest BCUT2D eigenvalue weighted by Crippen LogP contribution is -2.12. The number of amides is 1. The highest BCUT2D eigenvalue weighted by Crippen LogP contribution is 2.20. The third-order valence-electron chi connectivity index (χ3n) is 2.41. The first-order chi connectivity index (χ1) is 7.49. The maximum Gasteiger partial charge on any atom is 0.224 e. The fourth-order valence-electron chi connectivity index (χ4n) is 1.40. The molecule has 0 heterocycles. The Kier molecular flexibility index (Phi) is 4.81. The quantitative estimate of drug-likeness (QED) is 0.845. The van der Waals surface area contributed by atoms with Crippen LogP contribution in [0.2, 0.25) is 5.02 Å². The molecule has 0 aliphatic rings. The number of carbonyl (C=O) groups is 1. The van der Waals surface area contributed by atoms with E-state index >= 15 is 0 Å². The predicted octanol–water partition coefficient (Wildman–Crippen LogP) is 4.02. The Hall–Kier alpha value is -1.02. The zero-order valence-electron chi connectivity index (χ0n) is 10.0. The average molecular weight is 240 g/mol. The van der Waals surface area contributed by atoms with Crippen LogP contribution >= 0.6 is 11.6 Å². The Labute approximate surface area is 102 Å². The molecule has 0 unspecified atom stereocenters. The second kappa shape index (κ2) is 5.90. The molecule has 0 saturated carbocycles. The zero-order valence-corrected chi connectivity index (χ0v) is 10.8. The first-order valence-corrected chi connectivity index (χ1v) is 5.93. The third-order valence-corrected chi connectivity index (χ3v) is 2.65. The van der Waals surface area contributed by atoms with E-state index in [9.17, 15) is 4.79 Å². The van der Waals surface area contributed by atoms with E-state index in [1.165, 1.54) is 0 Å². The van der Waals surface area contributed by atoms with Crippen molar-refractivity contribution < 1.29 is 4.79 Å². The van der Waals surface area contributed by atoms with Crippen LogP contribution in [0.1, 0.15) is 32.3 Å². The van der Waals surface area contributed by atoms with Gasteiger partial charge in [-0.05, 0) is 43.0 Å². The van der Waals surface area contributed by atoms with E-state index in [0.29, 0.717) is 17.4 Å². The summed E-state index contributed by atoms with van der Waals surface area (Å²) < 4.78 is 0. The van der Waals surface area contributed by atoms with Crippen molar-refractivity contribution in [2.45, 2.75) is 33.6 Å². The first kappa shape index (κ1) is 13.0. The number of hydrogen-bond acceptors (Lipinski definition) is 1. The van der Waals surface area contributed by atoms with E-state index in [4.69, 9.17) is 11.6 Å². The van der Waals surface area contributed by atoms with Gasteiger partial charge in [-0.15, -0.1) is 0 Å². The number of hydrogen-bond donors (Lipinski definition) is 1. The molecule has 16 heavy (non-hydrogen) atoms. The van der Waals surface area contributed by atoms with E-state index in [2.05, 4.69) is 19.2 Å². The molecule has 1 N–H and O–H groups in total. The van der Waals surface area contributed by atoms with Gasteiger partial charge in [0.05, 0.1) is 0 Å². The molecule has 0 fully saturated rings. The van der Waals surface area contributed by atoms with Crippen molar-refractivity contribution >= 4 is 23.2 Å². The van der Waals surface area contributed by atoms with Crippen molar-refractivity contribution in [2.24, 2.45) is 5.92 Å². The molecule has 2 nitrogen and oxygen atoms in total. The Morgan fingerprint density at radius 3 is 2.69 bits per heavy atom. The topological polar surface area (TPSA) is 29.1 Å². The van der Waals surface area contributed by atoms with Gasteiger partial charge in [0.15, 0.2) is 0 Å². The maximum absolute atomic E-state index is 11.6. The van der Waals surface area contributed by atoms with Crippen LogP contribution in [0.3, 0.4) is 0 Å². The first-order valence-electron chi connectivity index (χ1n) is 5.55. The second-order valence-corrected chi connectivity index (χ2v) is 4.88. The zero-order chi connectivity index (χ0) is 12.1. The Bertz CT molecular complexity index is 374. The van der Waals surface area contributed by atoms with Crippen molar-refractivity contribution in [1.82, 2.24) is 0 Å². The molecule has 1 rings (SSSR count). The molecule has 0 atom stereocenters. The lowest BCUT2D eigenvalue weighted by Gasteiger charge is -2.09. The molecule has 0 saturated heterocycles. The molecule has 0 aliphatic carbocycles. The van der Waals surface area contributed by atoms with Crippen molar-refractivity contribution in [1.29, 1.82) is 0 Å². The SMILES string of the molecule is Cc1cc(Cl)ccc1NC(=O)CCC(C)C. The van der Waals surface area contributed by atoms with E-state index in [1.807, 2.05) is 19.1 Å². The summed E-state index contributed by atoms with van der Waals surface area (Å²) in [4.78, 5) is 11.6. The molecule has 1 amide bonds. The van der Waals surface area contributed by atoms with Crippen molar-refractivity contribution in [2.75, 3.05) is 5.32 Å². The molecule has 1 aromatic rings. The number of benzene rings is 1. The van der Waals surface area contributed by atoms with Gasteiger partial charge < -0.3 is 5.32 Å². The lowest BCUT2D eigenvalue weighted by molar-refractivity contribution is -0.116. The van der Waals surface area contributed by atoms with Crippen LogP contribution in [0.15, 0.2) is 18.2 Å². The fraction of sp³-hybridized carbons (Fsp3) is 0.462. The van der Waals surface area contributed by atoms with Crippen LogP contribution in [0.25, 0.3) is 0 Å². The Morgan fingerprint density at radius 1 is 1.44 bits per heavy atom. The summed E-state index contributed by atoms with van der Waals surface area (Å²) in [5.74, 6) is 0.621. The average Bonchev–Trinajstić information content (AvgIpc) is 2.19. The van der Waals surface area contributed by atoms with Gasteiger partial charge in [0, 0.05) is 17.1 Å². The standard InChI is InChI=1S/C13H18ClNO/c1-9(2)4-7-13(16)15-12-6-5-11(14)8-10(12)3/h5-6,8-9H,4,7H2,1-3H3,(H,15,16). The lowest BCUT2D eigenvalue weighted by atomic mass is 10.1. The van der Waals surface area contributed by atoms with Crippen LogP contribution < -0.4 is 5.32 Å². The van der Waals surface area contributed by atoms with E-state index < -0.39 is 0 Å². The van der Waals surface area contributed by atoms with Crippen molar-refractivity contribution in [3.63, 3.8) is 0 Å². The van der Waals surface area contributed by atoms with Crippen molar-refractivity contribution in [3.8, 4) is 0 Å². The summed E-state index contributed by atoms with van der Waals surface area (Å²) in [7, 11) is 0. The summed E-state index contributed by atoms with van der Waals surface area (Å²) in [6.45, 7) is 6.16. The highest BCUT2D eigenvalue weighted by molar-refractivity contribution is 6.30. The van der Waals surface area contributed by atoms with Gasteiger partial charge in [-0.1, -0.05) is 25.4 Å². The predicted molar refractivity (Wildman–Crippen MR) is 68.9 cm³/mol. The summed E-state index contributed by atoms with van der Waals surface area (Å²) in [6, 6.07) is 5.47. The largest absolute Gasteiger partial charge is 0.326 e. The molecule has 0 bridgehead atoms. The fourth-order valence-corrected chi connectivity index (χ4v) is 1.63. The van der Waals surface area contributed by atoms with Gasteiger partial charge in [0.1, 0.15) is 0 Å². The van der Waals surface area contributed by atoms with Crippen molar-refractivity contribution in [3.05, 3.63) is 28.8 Å². The molecule has 88 valence electrons. The molecule has 0 aromatic heterocycles. The van der Waals surface area contributed by atoms with Crippen LogP contribution in [-0.2, 0) is 4.79 Å². The van der Waals surface area contributed by atoms with E-state index in [0.717, 1.165) is 17.7 Å². The molecular weight excluding hydrogens is 222 g/mol. The number of halogens is 1. The van der Waals surface area contributed by atoms with Gasteiger partial charge in [-0.2, -0.15) is 0 Å². The van der Waals surface area contributed by atoms with Crippen LogP contribution in [0.4, 0.5) is 5.69 Å². The second-order valence-electron chi connectivity index (χ2n) is 4.44.